The van der Waals surface area contributed by atoms with E-state index in [0.717, 1.165) is 25.7 Å². The van der Waals surface area contributed by atoms with Crippen molar-refractivity contribution in [3.63, 3.8) is 0 Å². The molecule has 0 spiro atoms. The van der Waals surface area contributed by atoms with Gasteiger partial charge < -0.3 is 15.9 Å². The van der Waals surface area contributed by atoms with Crippen molar-refractivity contribution < 1.29 is 10.2 Å². The molecule has 0 bridgehead atoms. The Morgan fingerprint density at radius 1 is 1.27 bits per heavy atom. The van der Waals surface area contributed by atoms with Crippen LogP contribution in [0.2, 0.25) is 0 Å². The summed E-state index contributed by atoms with van der Waals surface area (Å²) < 4.78 is 0. The van der Waals surface area contributed by atoms with Crippen molar-refractivity contribution in [1.29, 1.82) is 0 Å². The number of hydrogen-bond acceptors (Lipinski definition) is 3. The molecule has 4 N–H and O–H groups in total. The lowest BCUT2D eigenvalue weighted by Gasteiger charge is -2.28. The average molecular weight is 159 g/mol. The fourth-order valence-corrected chi connectivity index (χ4v) is 1.68. The third kappa shape index (κ3) is 2.43. The topological polar surface area (TPSA) is 66.5 Å². The molecule has 3 nitrogen and oxygen atoms in total. The van der Waals surface area contributed by atoms with Crippen LogP contribution in [-0.2, 0) is 0 Å². The van der Waals surface area contributed by atoms with Gasteiger partial charge in [-0.1, -0.05) is 0 Å². The van der Waals surface area contributed by atoms with Crippen LogP contribution in [0.25, 0.3) is 0 Å². The van der Waals surface area contributed by atoms with Gasteiger partial charge in [0, 0.05) is 6.54 Å². The highest BCUT2D eigenvalue weighted by Crippen LogP contribution is 2.26. The molecule has 1 unspecified atom stereocenters. The van der Waals surface area contributed by atoms with E-state index in [-0.39, 0.29) is 12.2 Å². The molecule has 1 rings (SSSR count). The largest absolute Gasteiger partial charge is 0.393 e. The Balaban J connectivity index is 2.27. The van der Waals surface area contributed by atoms with Gasteiger partial charge in [-0.05, 0) is 31.6 Å². The van der Waals surface area contributed by atoms with Crippen molar-refractivity contribution in [2.24, 2.45) is 11.7 Å². The Labute approximate surface area is 67.2 Å². The van der Waals surface area contributed by atoms with Gasteiger partial charge in [-0.3, -0.25) is 0 Å². The zero-order chi connectivity index (χ0) is 8.27. The van der Waals surface area contributed by atoms with Crippen LogP contribution in [0.1, 0.15) is 25.7 Å². The quantitative estimate of drug-likeness (QED) is 0.525. The Bertz CT molecular complexity index is 111. The Hall–Kier alpha value is -0.120. The molecule has 1 saturated carbocycles. The van der Waals surface area contributed by atoms with Gasteiger partial charge in [0.25, 0.3) is 0 Å². The van der Waals surface area contributed by atoms with Gasteiger partial charge in [0.15, 0.2) is 0 Å². The van der Waals surface area contributed by atoms with E-state index in [1.165, 1.54) is 0 Å². The van der Waals surface area contributed by atoms with Gasteiger partial charge in [0.2, 0.25) is 0 Å². The zero-order valence-corrected chi connectivity index (χ0v) is 6.74. The second kappa shape index (κ2) is 4.04. The Morgan fingerprint density at radius 3 is 2.27 bits per heavy atom. The van der Waals surface area contributed by atoms with Crippen LogP contribution >= 0.6 is 0 Å². The van der Waals surface area contributed by atoms with E-state index in [1.54, 1.807) is 0 Å². The van der Waals surface area contributed by atoms with Crippen molar-refractivity contribution in [3.05, 3.63) is 0 Å². The summed E-state index contributed by atoms with van der Waals surface area (Å²) in [6.07, 6.45) is 2.97. The highest BCUT2D eigenvalue weighted by atomic mass is 16.3. The summed E-state index contributed by atoms with van der Waals surface area (Å²) in [7, 11) is 0. The second-order valence-corrected chi connectivity index (χ2v) is 3.37. The van der Waals surface area contributed by atoms with Crippen LogP contribution < -0.4 is 5.73 Å². The van der Waals surface area contributed by atoms with Gasteiger partial charge >= 0.3 is 0 Å². The summed E-state index contributed by atoms with van der Waals surface area (Å²) in [4.78, 5) is 0. The Morgan fingerprint density at radius 2 is 1.82 bits per heavy atom. The molecule has 1 aliphatic carbocycles. The molecule has 11 heavy (non-hydrogen) atoms. The molecule has 0 heterocycles. The first-order valence-corrected chi connectivity index (χ1v) is 4.30. The summed E-state index contributed by atoms with van der Waals surface area (Å²) in [5.41, 5.74) is 5.33. The molecule has 0 amide bonds. The van der Waals surface area contributed by atoms with E-state index in [1.807, 2.05) is 0 Å². The summed E-state index contributed by atoms with van der Waals surface area (Å²) in [6.45, 7) is 0.348. The smallest absolute Gasteiger partial charge is 0.0690 e. The first-order chi connectivity index (χ1) is 5.24. The summed E-state index contributed by atoms with van der Waals surface area (Å²) in [5.74, 6) is 0.323. The maximum Gasteiger partial charge on any atom is 0.0690 e. The Kier molecular flexibility index (Phi) is 3.30. The molecule has 0 aliphatic heterocycles. The number of rotatable bonds is 2. The minimum Gasteiger partial charge on any atom is -0.393 e. The van der Waals surface area contributed by atoms with Crippen LogP contribution in [0.5, 0.6) is 0 Å². The van der Waals surface area contributed by atoms with Crippen LogP contribution in [-0.4, -0.2) is 29.0 Å². The van der Waals surface area contributed by atoms with Gasteiger partial charge in [-0.2, -0.15) is 0 Å². The second-order valence-electron chi connectivity index (χ2n) is 3.37. The number of nitrogens with two attached hydrogens (primary N) is 1. The molecule has 0 radical (unpaired) electrons. The summed E-state index contributed by atoms with van der Waals surface area (Å²) in [6, 6.07) is 0. The molecule has 0 saturated heterocycles. The lowest BCUT2D eigenvalue weighted by molar-refractivity contribution is 0.0464. The van der Waals surface area contributed by atoms with Gasteiger partial charge in [-0.25, -0.2) is 0 Å². The third-order valence-electron chi connectivity index (χ3n) is 2.53. The standard InChI is InChI=1S/C8H17NO2/c9-5-8(11)6-1-3-7(10)4-2-6/h6-8,10-11H,1-5,9H2. The van der Waals surface area contributed by atoms with Crippen LogP contribution in [0, 0.1) is 5.92 Å². The zero-order valence-electron chi connectivity index (χ0n) is 6.74. The van der Waals surface area contributed by atoms with E-state index >= 15 is 0 Å². The predicted octanol–water partition coefficient (Wildman–Crippen LogP) is -0.143. The van der Waals surface area contributed by atoms with Gasteiger partial charge in [0.05, 0.1) is 12.2 Å². The highest BCUT2D eigenvalue weighted by molar-refractivity contribution is 4.77. The number of hydrogen-bond donors (Lipinski definition) is 3. The van der Waals surface area contributed by atoms with Crippen LogP contribution in [0.3, 0.4) is 0 Å². The van der Waals surface area contributed by atoms with Crippen LogP contribution in [0.15, 0.2) is 0 Å². The van der Waals surface area contributed by atoms with Gasteiger partial charge in [0.1, 0.15) is 0 Å². The van der Waals surface area contributed by atoms with E-state index in [9.17, 15) is 5.11 Å². The maximum atomic E-state index is 9.36. The fourth-order valence-electron chi connectivity index (χ4n) is 1.68. The molecule has 0 aromatic heterocycles. The van der Waals surface area contributed by atoms with Crippen molar-refractivity contribution in [1.82, 2.24) is 0 Å². The van der Waals surface area contributed by atoms with Crippen molar-refractivity contribution in [2.75, 3.05) is 6.54 Å². The monoisotopic (exact) mass is 159 g/mol. The molecule has 0 aromatic carbocycles. The molecule has 66 valence electrons. The minimum atomic E-state index is -0.359. The van der Waals surface area contributed by atoms with E-state index < -0.39 is 0 Å². The number of aliphatic hydroxyl groups is 2. The molecule has 1 atom stereocenters. The molecule has 1 fully saturated rings. The SMILES string of the molecule is NCC(O)C1CCC(O)CC1. The third-order valence-corrected chi connectivity index (χ3v) is 2.53. The lowest BCUT2D eigenvalue weighted by Crippen LogP contribution is -2.32. The molecular formula is C8H17NO2. The summed E-state index contributed by atoms with van der Waals surface area (Å²) in [5, 5.41) is 18.5. The highest BCUT2D eigenvalue weighted by Gasteiger charge is 2.24. The molecule has 3 heteroatoms. The minimum absolute atomic E-state index is 0.142. The van der Waals surface area contributed by atoms with Crippen molar-refractivity contribution in [2.45, 2.75) is 37.9 Å². The maximum absolute atomic E-state index is 9.36. The first-order valence-electron chi connectivity index (χ1n) is 4.30. The van der Waals surface area contributed by atoms with Gasteiger partial charge in [-0.15, -0.1) is 0 Å². The van der Waals surface area contributed by atoms with Crippen molar-refractivity contribution in [3.8, 4) is 0 Å². The fraction of sp³-hybridized carbons (Fsp3) is 1.00. The lowest BCUT2D eigenvalue weighted by atomic mass is 9.84. The van der Waals surface area contributed by atoms with E-state index in [4.69, 9.17) is 10.8 Å². The summed E-state index contributed by atoms with van der Waals surface area (Å²) >= 11 is 0. The molecule has 1 aliphatic rings. The van der Waals surface area contributed by atoms with E-state index in [0.29, 0.717) is 12.5 Å². The first kappa shape index (κ1) is 8.97. The molecular weight excluding hydrogens is 142 g/mol. The average Bonchev–Trinajstić information content (AvgIpc) is 2.05. The van der Waals surface area contributed by atoms with Crippen LogP contribution in [0.4, 0.5) is 0 Å². The predicted molar refractivity (Wildman–Crippen MR) is 43.0 cm³/mol. The number of aliphatic hydroxyl groups excluding tert-OH is 2. The van der Waals surface area contributed by atoms with Crippen molar-refractivity contribution >= 4 is 0 Å². The van der Waals surface area contributed by atoms with E-state index in [2.05, 4.69) is 0 Å². The normalized spacial score (nSPS) is 35.2. The molecule has 0 aromatic rings.